The second-order valence-corrected chi connectivity index (χ2v) is 4.22. The first-order valence-electron chi connectivity index (χ1n) is 4.75. The Morgan fingerprint density at radius 1 is 1.43 bits per heavy atom. The second-order valence-electron chi connectivity index (χ2n) is 4.22. The summed E-state index contributed by atoms with van der Waals surface area (Å²) in [6, 6.07) is 4.64. The normalized spacial score (nSPS) is 19.4. The van der Waals surface area contributed by atoms with Crippen molar-refractivity contribution < 1.29 is 9.13 Å². The van der Waals surface area contributed by atoms with Crippen LogP contribution in [-0.4, -0.2) is 12.1 Å². The van der Waals surface area contributed by atoms with Crippen LogP contribution >= 0.6 is 0 Å². The Hall–Kier alpha value is -1.09. The molecule has 0 amide bonds. The molecule has 1 N–H and O–H groups in total. The zero-order chi connectivity index (χ0) is 10.2. The maximum atomic E-state index is 12.9. The van der Waals surface area contributed by atoms with Crippen LogP contribution in [0.1, 0.15) is 19.4 Å². The van der Waals surface area contributed by atoms with Crippen LogP contribution in [0.25, 0.3) is 0 Å². The van der Waals surface area contributed by atoms with Crippen molar-refractivity contribution in [2.75, 3.05) is 6.54 Å². The first-order chi connectivity index (χ1) is 6.57. The first kappa shape index (κ1) is 9.46. The smallest absolute Gasteiger partial charge is 0.124 e. The van der Waals surface area contributed by atoms with Gasteiger partial charge in [-0.1, -0.05) is 0 Å². The molecule has 2 nitrogen and oxygen atoms in total. The fourth-order valence-corrected chi connectivity index (χ4v) is 1.62. The van der Waals surface area contributed by atoms with E-state index in [2.05, 4.69) is 5.32 Å². The Labute approximate surface area is 83.1 Å². The van der Waals surface area contributed by atoms with Gasteiger partial charge in [-0.2, -0.15) is 0 Å². The average Bonchev–Trinajstić information content (AvgIpc) is 2.22. The van der Waals surface area contributed by atoms with Crippen LogP contribution in [0.5, 0.6) is 5.75 Å². The number of nitrogens with one attached hydrogen (secondary N) is 1. The molecule has 0 aliphatic carbocycles. The van der Waals surface area contributed by atoms with E-state index in [9.17, 15) is 4.39 Å². The van der Waals surface area contributed by atoms with Gasteiger partial charge in [-0.25, -0.2) is 4.39 Å². The number of hydrogen-bond acceptors (Lipinski definition) is 2. The summed E-state index contributed by atoms with van der Waals surface area (Å²) in [6.07, 6.45) is 0. The highest BCUT2D eigenvalue weighted by molar-refractivity contribution is 5.35. The summed E-state index contributed by atoms with van der Waals surface area (Å²) in [5.41, 5.74) is 0.652. The molecule has 0 spiro atoms. The van der Waals surface area contributed by atoms with Crippen molar-refractivity contribution in [3.63, 3.8) is 0 Å². The van der Waals surface area contributed by atoms with Crippen molar-refractivity contribution in [2.45, 2.75) is 26.0 Å². The fraction of sp³-hybridized carbons (Fsp3) is 0.455. The monoisotopic (exact) mass is 195 g/mol. The lowest BCUT2D eigenvalue weighted by Gasteiger charge is -2.24. The molecule has 1 aromatic carbocycles. The number of hydrogen-bond donors (Lipinski definition) is 1. The van der Waals surface area contributed by atoms with Gasteiger partial charge in [0, 0.05) is 18.7 Å². The maximum Gasteiger partial charge on any atom is 0.124 e. The molecule has 1 aliphatic rings. The van der Waals surface area contributed by atoms with E-state index in [1.165, 1.54) is 12.1 Å². The standard InChI is InChI=1S/C11H14FNO/c1-11(2)7-13-6-8-5-9(12)3-4-10(8)14-11/h3-5,13H,6-7H2,1-2H3. The number of ether oxygens (including phenoxy) is 1. The SMILES string of the molecule is CC1(C)CNCc2cc(F)ccc2O1. The lowest BCUT2D eigenvalue weighted by Crippen LogP contribution is -2.37. The van der Waals surface area contributed by atoms with Gasteiger partial charge in [0.2, 0.25) is 0 Å². The number of benzene rings is 1. The van der Waals surface area contributed by atoms with E-state index >= 15 is 0 Å². The van der Waals surface area contributed by atoms with Gasteiger partial charge in [0.1, 0.15) is 17.2 Å². The first-order valence-corrected chi connectivity index (χ1v) is 4.75. The van der Waals surface area contributed by atoms with E-state index in [4.69, 9.17) is 4.74 Å². The minimum Gasteiger partial charge on any atom is -0.486 e. The van der Waals surface area contributed by atoms with Crippen LogP contribution in [0.4, 0.5) is 4.39 Å². The van der Waals surface area contributed by atoms with E-state index in [1.807, 2.05) is 13.8 Å². The Morgan fingerprint density at radius 2 is 2.21 bits per heavy atom. The zero-order valence-electron chi connectivity index (χ0n) is 8.43. The molecule has 2 rings (SSSR count). The predicted molar refractivity (Wildman–Crippen MR) is 52.8 cm³/mol. The Balaban J connectivity index is 2.37. The molecule has 0 atom stereocenters. The highest BCUT2D eigenvalue weighted by Gasteiger charge is 2.24. The molecule has 0 aromatic heterocycles. The van der Waals surface area contributed by atoms with Crippen molar-refractivity contribution in [2.24, 2.45) is 0 Å². The maximum absolute atomic E-state index is 12.9. The minimum atomic E-state index is -0.233. The van der Waals surface area contributed by atoms with Crippen LogP contribution in [0.2, 0.25) is 0 Å². The highest BCUT2D eigenvalue weighted by Crippen LogP contribution is 2.26. The molecular formula is C11H14FNO. The zero-order valence-corrected chi connectivity index (χ0v) is 8.43. The average molecular weight is 195 g/mol. The van der Waals surface area contributed by atoms with Gasteiger partial charge in [0.05, 0.1) is 0 Å². The van der Waals surface area contributed by atoms with E-state index in [-0.39, 0.29) is 11.4 Å². The summed E-state index contributed by atoms with van der Waals surface area (Å²) in [5.74, 6) is 0.565. The quantitative estimate of drug-likeness (QED) is 0.684. The van der Waals surface area contributed by atoms with Gasteiger partial charge >= 0.3 is 0 Å². The van der Waals surface area contributed by atoms with Crippen LogP contribution in [0.3, 0.4) is 0 Å². The number of halogens is 1. The second kappa shape index (κ2) is 3.24. The summed E-state index contributed by atoms with van der Waals surface area (Å²) in [4.78, 5) is 0. The molecule has 14 heavy (non-hydrogen) atoms. The topological polar surface area (TPSA) is 21.3 Å². The summed E-state index contributed by atoms with van der Waals surface area (Å²) in [5, 5.41) is 3.23. The number of rotatable bonds is 0. The Morgan fingerprint density at radius 3 is 3.00 bits per heavy atom. The van der Waals surface area contributed by atoms with Crippen molar-refractivity contribution in [3.8, 4) is 5.75 Å². The van der Waals surface area contributed by atoms with Gasteiger partial charge in [-0.15, -0.1) is 0 Å². The molecule has 0 radical (unpaired) electrons. The van der Waals surface area contributed by atoms with Crippen LogP contribution in [0, 0.1) is 5.82 Å². The van der Waals surface area contributed by atoms with Gasteiger partial charge in [0.25, 0.3) is 0 Å². The molecule has 3 heteroatoms. The molecule has 0 fully saturated rings. The van der Waals surface area contributed by atoms with Crippen LogP contribution < -0.4 is 10.1 Å². The van der Waals surface area contributed by atoms with E-state index in [0.717, 1.165) is 17.9 Å². The molecule has 1 aromatic rings. The third kappa shape index (κ3) is 1.87. The van der Waals surface area contributed by atoms with Gasteiger partial charge in [0.15, 0.2) is 0 Å². The van der Waals surface area contributed by atoms with E-state index < -0.39 is 0 Å². The predicted octanol–water partition coefficient (Wildman–Crippen LogP) is 2.09. The van der Waals surface area contributed by atoms with Gasteiger partial charge in [-0.05, 0) is 32.0 Å². The summed E-state index contributed by atoms with van der Waals surface area (Å²) in [6.45, 7) is 5.46. The van der Waals surface area contributed by atoms with Gasteiger partial charge < -0.3 is 10.1 Å². The van der Waals surface area contributed by atoms with Crippen molar-refractivity contribution in [3.05, 3.63) is 29.6 Å². The third-order valence-electron chi connectivity index (χ3n) is 2.27. The third-order valence-corrected chi connectivity index (χ3v) is 2.27. The van der Waals surface area contributed by atoms with Crippen molar-refractivity contribution in [1.82, 2.24) is 5.32 Å². The summed E-state index contributed by atoms with van der Waals surface area (Å²) < 4.78 is 18.7. The molecule has 0 saturated heterocycles. The molecule has 0 saturated carbocycles. The molecule has 76 valence electrons. The Bertz CT molecular complexity index is 349. The van der Waals surface area contributed by atoms with E-state index in [0.29, 0.717) is 6.54 Å². The van der Waals surface area contributed by atoms with Crippen molar-refractivity contribution >= 4 is 0 Å². The summed E-state index contributed by atoms with van der Waals surface area (Å²) in [7, 11) is 0. The van der Waals surface area contributed by atoms with Gasteiger partial charge in [-0.3, -0.25) is 0 Å². The molecule has 1 heterocycles. The highest BCUT2D eigenvalue weighted by atomic mass is 19.1. The summed E-state index contributed by atoms with van der Waals surface area (Å²) >= 11 is 0. The van der Waals surface area contributed by atoms with Crippen LogP contribution in [-0.2, 0) is 6.54 Å². The lowest BCUT2D eigenvalue weighted by molar-refractivity contribution is 0.115. The van der Waals surface area contributed by atoms with Crippen LogP contribution in [0.15, 0.2) is 18.2 Å². The minimum absolute atomic E-state index is 0.214. The largest absolute Gasteiger partial charge is 0.486 e. The molecular weight excluding hydrogens is 181 g/mol. The molecule has 1 aliphatic heterocycles. The number of fused-ring (bicyclic) bond motifs is 1. The lowest BCUT2D eigenvalue weighted by atomic mass is 10.1. The van der Waals surface area contributed by atoms with Crippen molar-refractivity contribution in [1.29, 1.82) is 0 Å². The van der Waals surface area contributed by atoms with E-state index in [1.54, 1.807) is 6.07 Å². The molecule has 0 bridgehead atoms. The molecule has 0 unspecified atom stereocenters. The Kier molecular flexibility index (Phi) is 2.19. The fourth-order valence-electron chi connectivity index (χ4n) is 1.62.